The number of aromatic hydroxyl groups is 1. The molecule has 31 heavy (non-hydrogen) atoms. The molecule has 0 aliphatic heterocycles. The van der Waals surface area contributed by atoms with Crippen molar-refractivity contribution < 1.29 is 5.11 Å². The Morgan fingerprint density at radius 1 is 0.871 bits per heavy atom. The number of phenolic OH excluding ortho intramolecular Hbond substituents is 1. The third kappa shape index (κ3) is 3.71. The van der Waals surface area contributed by atoms with Gasteiger partial charge in [0, 0.05) is 34.3 Å². The lowest BCUT2D eigenvalue weighted by molar-refractivity contribution is 0.480. The Balaban J connectivity index is 1.54. The molecule has 3 N–H and O–H groups in total. The van der Waals surface area contributed by atoms with Crippen molar-refractivity contribution >= 4 is 28.4 Å². The van der Waals surface area contributed by atoms with Gasteiger partial charge in [-0.3, -0.25) is 9.55 Å². The summed E-state index contributed by atoms with van der Waals surface area (Å²) in [4.78, 5) is 4.31. The Labute approximate surface area is 183 Å². The van der Waals surface area contributed by atoms with Crippen LogP contribution < -0.4 is 5.73 Å². The van der Waals surface area contributed by atoms with Crippen LogP contribution in [-0.2, 0) is 5.75 Å². The van der Waals surface area contributed by atoms with E-state index in [-0.39, 0.29) is 5.75 Å². The molecule has 2 aromatic heterocycles. The van der Waals surface area contributed by atoms with Gasteiger partial charge in [-0.05, 0) is 54.1 Å². The molecule has 0 saturated heterocycles. The van der Waals surface area contributed by atoms with Gasteiger partial charge in [0.15, 0.2) is 11.0 Å². The quantitative estimate of drug-likeness (QED) is 0.302. The highest BCUT2D eigenvalue weighted by Crippen LogP contribution is 2.33. The van der Waals surface area contributed by atoms with E-state index < -0.39 is 0 Å². The number of nitrogens with zero attached hydrogens (tertiary/aromatic N) is 4. The summed E-state index contributed by atoms with van der Waals surface area (Å²) < 4.78 is 2.05. The van der Waals surface area contributed by atoms with E-state index in [1.54, 1.807) is 24.0 Å². The lowest BCUT2D eigenvalue weighted by Gasteiger charge is -2.11. The highest BCUT2D eigenvalue weighted by Gasteiger charge is 2.17. The van der Waals surface area contributed by atoms with Crippen molar-refractivity contribution in [1.29, 1.82) is 0 Å². The normalized spacial score (nSPS) is 11.1. The van der Waals surface area contributed by atoms with Crippen molar-refractivity contribution in [2.24, 2.45) is 0 Å². The van der Waals surface area contributed by atoms with Gasteiger partial charge in [-0.1, -0.05) is 42.1 Å². The number of thioether (sulfide) groups is 1. The fourth-order valence-corrected chi connectivity index (χ4v) is 4.43. The van der Waals surface area contributed by atoms with E-state index in [4.69, 9.17) is 5.73 Å². The van der Waals surface area contributed by atoms with Crippen LogP contribution in [0.5, 0.6) is 5.75 Å². The van der Waals surface area contributed by atoms with Crippen LogP contribution in [0.25, 0.3) is 28.0 Å². The molecule has 0 fully saturated rings. The molecule has 5 rings (SSSR count). The minimum atomic E-state index is 0.183. The third-order valence-electron chi connectivity index (χ3n) is 5.01. The molecule has 5 aromatic rings. The number of hydrogen-bond donors (Lipinski definition) is 2. The van der Waals surface area contributed by atoms with E-state index in [0.717, 1.165) is 33.2 Å². The number of fused-ring (bicyclic) bond motifs is 1. The summed E-state index contributed by atoms with van der Waals surface area (Å²) >= 11 is 1.59. The average molecular weight is 426 g/mol. The first kappa shape index (κ1) is 19.1. The van der Waals surface area contributed by atoms with E-state index in [9.17, 15) is 5.11 Å². The smallest absolute Gasteiger partial charge is 0.196 e. The molecule has 152 valence electrons. The molecule has 0 unspecified atom stereocenters. The van der Waals surface area contributed by atoms with Crippen LogP contribution in [0.2, 0.25) is 0 Å². The van der Waals surface area contributed by atoms with Gasteiger partial charge in [0.25, 0.3) is 0 Å². The minimum Gasteiger partial charge on any atom is -0.506 e. The molecule has 0 aliphatic carbocycles. The van der Waals surface area contributed by atoms with Gasteiger partial charge in [0.2, 0.25) is 0 Å². The average Bonchev–Trinajstić information content (AvgIpc) is 3.24. The summed E-state index contributed by atoms with van der Waals surface area (Å²) in [5, 5.41) is 20.8. The summed E-state index contributed by atoms with van der Waals surface area (Å²) in [5.41, 5.74) is 10.2. The van der Waals surface area contributed by atoms with Crippen LogP contribution in [-0.4, -0.2) is 24.9 Å². The zero-order chi connectivity index (χ0) is 21.2. The molecular formula is C24H19N5OS. The van der Waals surface area contributed by atoms with Crippen molar-refractivity contribution in [3.05, 3.63) is 90.6 Å². The number of aromatic nitrogens is 4. The van der Waals surface area contributed by atoms with Crippen LogP contribution in [0.15, 0.2) is 90.2 Å². The van der Waals surface area contributed by atoms with Gasteiger partial charge in [-0.2, -0.15) is 0 Å². The number of rotatable bonds is 5. The molecule has 0 bridgehead atoms. The second kappa shape index (κ2) is 8.12. The van der Waals surface area contributed by atoms with E-state index in [2.05, 4.69) is 19.7 Å². The number of anilines is 1. The number of benzene rings is 3. The van der Waals surface area contributed by atoms with Crippen LogP contribution in [0, 0.1) is 0 Å². The van der Waals surface area contributed by atoms with Gasteiger partial charge in [0.1, 0.15) is 11.3 Å². The van der Waals surface area contributed by atoms with E-state index in [1.165, 1.54) is 0 Å². The van der Waals surface area contributed by atoms with Crippen molar-refractivity contribution in [2.75, 3.05) is 5.73 Å². The molecule has 6 nitrogen and oxygen atoms in total. The molecule has 7 heteroatoms. The molecule has 0 saturated carbocycles. The largest absolute Gasteiger partial charge is 0.506 e. The predicted octanol–water partition coefficient (Wildman–Crippen LogP) is 5.06. The summed E-state index contributed by atoms with van der Waals surface area (Å²) in [6.07, 6.45) is 1.68. The second-order valence-electron chi connectivity index (χ2n) is 7.03. The lowest BCUT2D eigenvalue weighted by atomic mass is 10.1. The Hall–Kier alpha value is -3.84. The summed E-state index contributed by atoms with van der Waals surface area (Å²) in [5.74, 6) is 1.60. The van der Waals surface area contributed by atoms with E-state index in [0.29, 0.717) is 17.0 Å². The fraction of sp³-hybridized carbons (Fsp3) is 0.0417. The predicted molar refractivity (Wildman–Crippen MR) is 124 cm³/mol. The molecule has 3 aromatic carbocycles. The highest BCUT2D eigenvalue weighted by molar-refractivity contribution is 7.98. The van der Waals surface area contributed by atoms with Crippen LogP contribution in [0.1, 0.15) is 5.56 Å². The molecule has 0 amide bonds. The van der Waals surface area contributed by atoms with Gasteiger partial charge < -0.3 is 10.8 Å². The zero-order valence-corrected chi connectivity index (χ0v) is 17.3. The van der Waals surface area contributed by atoms with Gasteiger partial charge in [-0.25, -0.2) is 0 Å². The number of phenols is 1. The fourth-order valence-electron chi connectivity index (χ4n) is 3.48. The Morgan fingerprint density at radius 3 is 2.48 bits per heavy atom. The van der Waals surface area contributed by atoms with Crippen LogP contribution in [0.4, 0.5) is 5.69 Å². The van der Waals surface area contributed by atoms with E-state index in [1.807, 2.05) is 72.8 Å². The van der Waals surface area contributed by atoms with E-state index >= 15 is 0 Å². The molecule has 0 spiro atoms. The first-order valence-corrected chi connectivity index (χ1v) is 10.7. The maximum absolute atomic E-state index is 10.1. The topological polar surface area (TPSA) is 89.8 Å². The standard InChI is InChI=1S/C24H19N5OS/c25-18-11-8-16(9-12-18)23-27-28-24(29(23)19-5-2-1-3-6-19)31-15-17-10-13-21(30)22-20(17)7-4-14-26-22/h1-14,30H,15,25H2. The zero-order valence-electron chi connectivity index (χ0n) is 16.5. The number of para-hydroxylation sites is 1. The van der Waals surface area contributed by atoms with Crippen molar-refractivity contribution in [1.82, 2.24) is 19.7 Å². The van der Waals surface area contributed by atoms with Gasteiger partial charge in [0.05, 0.1) is 0 Å². The van der Waals surface area contributed by atoms with Crippen LogP contribution in [0.3, 0.4) is 0 Å². The summed E-state index contributed by atoms with van der Waals surface area (Å²) in [7, 11) is 0. The summed E-state index contributed by atoms with van der Waals surface area (Å²) in [6.45, 7) is 0. The number of nitrogens with two attached hydrogens (primary N) is 1. The monoisotopic (exact) mass is 425 g/mol. The Morgan fingerprint density at radius 2 is 1.68 bits per heavy atom. The van der Waals surface area contributed by atoms with Crippen molar-refractivity contribution in [3.8, 4) is 22.8 Å². The number of hydrogen-bond acceptors (Lipinski definition) is 6. The van der Waals surface area contributed by atoms with Crippen molar-refractivity contribution in [3.63, 3.8) is 0 Å². The first-order chi connectivity index (χ1) is 15.2. The van der Waals surface area contributed by atoms with Crippen molar-refractivity contribution in [2.45, 2.75) is 10.9 Å². The van der Waals surface area contributed by atoms with Gasteiger partial charge in [-0.15, -0.1) is 10.2 Å². The SMILES string of the molecule is Nc1ccc(-c2nnc(SCc3ccc(O)c4ncccc34)n2-c2ccccc2)cc1. The molecule has 0 aliphatic rings. The molecule has 0 radical (unpaired) electrons. The number of pyridine rings is 1. The second-order valence-corrected chi connectivity index (χ2v) is 7.97. The molecule has 0 atom stereocenters. The lowest BCUT2D eigenvalue weighted by Crippen LogP contribution is -2.00. The van der Waals surface area contributed by atoms with Crippen LogP contribution >= 0.6 is 11.8 Å². The Bertz CT molecular complexity index is 1350. The third-order valence-corrected chi connectivity index (χ3v) is 5.99. The van der Waals surface area contributed by atoms with Gasteiger partial charge >= 0.3 is 0 Å². The molecular weight excluding hydrogens is 406 g/mol. The first-order valence-electron chi connectivity index (χ1n) is 9.76. The maximum atomic E-state index is 10.1. The minimum absolute atomic E-state index is 0.183. The summed E-state index contributed by atoms with van der Waals surface area (Å²) in [6, 6.07) is 25.1. The molecule has 2 heterocycles. The maximum Gasteiger partial charge on any atom is 0.196 e. The number of nitrogen functional groups attached to an aromatic ring is 1. The highest BCUT2D eigenvalue weighted by atomic mass is 32.2. The Kier molecular flexibility index (Phi) is 5.01.